The van der Waals surface area contributed by atoms with Crippen molar-refractivity contribution in [2.75, 3.05) is 6.54 Å². The summed E-state index contributed by atoms with van der Waals surface area (Å²) in [5.74, 6) is 0.388. The Hall–Kier alpha value is -1.48. The number of nitrogens with one attached hydrogen (secondary N) is 1. The highest BCUT2D eigenvalue weighted by Gasteiger charge is 2.09. The van der Waals surface area contributed by atoms with Gasteiger partial charge in [0, 0.05) is 11.6 Å². The summed E-state index contributed by atoms with van der Waals surface area (Å²) in [6, 6.07) is 4.60. The summed E-state index contributed by atoms with van der Waals surface area (Å²) in [7, 11) is 0. The van der Waals surface area contributed by atoms with Gasteiger partial charge in [-0.1, -0.05) is 12.2 Å². The molecule has 0 aliphatic carbocycles. The highest BCUT2D eigenvalue weighted by atomic mass is 16.3. The average molecular weight is 221 g/mol. The molecule has 1 rings (SSSR count). The molecule has 16 heavy (non-hydrogen) atoms. The van der Waals surface area contributed by atoms with Crippen LogP contribution in [0.1, 0.15) is 31.9 Å². The number of benzene rings is 1. The fourth-order valence-corrected chi connectivity index (χ4v) is 1.55. The molecule has 0 fully saturated rings. The minimum Gasteiger partial charge on any atom is -0.508 e. The Balaban J connectivity index is 2.58. The van der Waals surface area contributed by atoms with Crippen LogP contribution in [0.4, 0.5) is 0 Å². The minimum absolute atomic E-state index is 0.0253. The maximum Gasteiger partial charge on any atom is 0.120 e. The molecule has 1 aromatic rings. The van der Waals surface area contributed by atoms with Crippen LogP contribution in [0, 0.1) is 0 Å². The van der Waals surface area contributed by atoms with E-state index in [1.54, 1.807) is 6.07 Å². The number of allylic oxidation sites excluding steroid dienone is 1. The first-order chi connectivity index (χ1) is 7.65. The van der Waals surface area contributed by atoms with Crippen LogP contribution in [0.2, 0.25) is 0 Å². The van der Waals surface area contributed by atoms with Crippen LogP contribution >= 0.6 is 0 Å². The van der Waals surface area contributed by atoms with Crippen molar-refractivity contribution in [3.8, 4) is 11.5 Å². The van der Waals surface area contributed by atoms with Gasteiger partial charge in [-0.15, -0.1) is 0 Å². The SMILES string of the molecule is C/C=C/CCNC(C)c1cc(O)ccc1O. The number of phenolic OH excluding ortho intramolecular Hbond substituents is 2. The van der Waals surface area contributed by atoms with Crippen molar-refractivity contribution in [1.29, 1.82) is 0 Å². The van der Waals surface area contributed by atoms with Gasteiger partial charge in [0.1, 0.15) is 11.5 Å². The van der Waals surface area contributed by atoms with Crippen LogP contribution in [-0.4, -0.2) is 16.8 Å². The summed E-state index contributed by atoms with van der Waals surface area (Å²) in [6.07, 6.45) is 5.06. The number of hydrogen-bond donors (Lipinski definition) is 3. The van der Waals surface area contributed by atoms with E-state index in [1.807, 2.05) is 19.9 Å². The van der Waals surface area contributed by atoms with Crippen molar-refractivity contribution >= 4 is 0 Å². The van der Waals surface area contributed by atoms with E-state index in [1.165, 1.54) is 12.1 Å². The topological polar surface area (TPSA) is 52.5 Å². The van der Waals surface area contributed by atoms with E-state index in [2.05, 4.69) is 11.4 Å². The molecule has 0 spiro atoms. The van der Waals surface area contributed by atoms with E-state index in [0.717, 1.165) is 18.5 Å². The third-order valence-electron chi connectivity index (χ3n) is 2.47. The normalized spacial score (nSPS) is 13.1. The average Bonchev–Trinajstić information content (AvgIpc) is 2.27. The van der Waals surface area contributed by atoms with Gasteiger partial charge in [0.25, 0.3) is 0 Å². The summed E-state index contributed by atoms with van der Waals surface area (Å²) < 4.78 is 0. The van der Waals surface area contributed by atoms with Crippen molar-refractivity contribution in [3.05, 3.63) is 35.9 Å². The lowest BCUT2D eigenvalue weighted by atomic mass is 10.1. The molecule has 0 aromatic heterocycles. The fraction of sp³-hybridized carbons (Fsp3) is 0.385. The number of rotatable bonds is 5. The molecule has 0 saturated carbocycles. The molecular weight excluding hydrogens is 202 g/mol. The predicted octanol–water partition coefficient (Wildman–Crippen LogP) is 2.71. The fourth-order valence-electron chi connectivity index (χ4n) is 1.55. The highest BCUT2D eigenvalue weighted by molar-refractivity contribution is 5.40. The van der Waals surface area contributed by atoms with Crippen molar-refractivity contribution in [2.45, 2.75) is 26.3 Å². The zero-order valence-corrected chi connectivity index (χ0v) is 9.77. The Bertz CT molecular complexity index is 361. The third-order valence-corrected chi connectivity index (χ3v) is 2.47. The van der Waals surface area contributed by atoms with E-state index in [9.17, 15) is 10.2 Å². The maximum atomic E-state index is 9.64. The summed E-state index contributed by atoms with van der Waals surface area (Å²) in [5, 5.41) is 22.3. The summed E-state index contributed by atoms with van der Waals surface area (Å²) in [5.41, 5.74) is 0.723. The molecule has 0 heterocycles. The Labute approximate surface area is 96.4 Å². The molecule has 3 heteroatoms. The number of aromatic hydroxyl groups is 2. The Morgan fingerprint density at radius 2 is 2.12 bits per heavy atom. The lowest BCUT2D eigenvalue weighted by Crippen LogP contribution is -2.19. The molecule has 3 N–H and O–H groups in total. The molecule has 0 bridgehead atoms. The first kappa shape index (κ1) is 12.6. The van der Waals surface area contributed by atoms with Crippen LogP contribution in [0.25, 0.3) is 0 Å². The van der Waals surface area contributed by atoms with E-state index in [4.69, 9.17) is 0 Å². The second kappa shape index (κ2) is 6.18. The second-order valence-electron chi connectivity index (χ2n) is 3.78. The van der Waals surface area contributed by atoms with E-state index in [0.29, 0.717) is 0 Å². The summed E-state index contributed by atoms with van der Waals surface area (Å²) in [4.78, 5) is 0. The number of phenols is 2. The molecule has 1 aromatic carbocycles. The smallest absolute Gasteiger partial charge is 0.120 e. The predicted molar refractivity (Wildman–Crippen MR) is 65.6 cm³/mol. The van der Waals surface area contributed by atoms with Crippen molar-refractivity contribution in [3.63, 3.8) is 0 Å². The molecule has 3 nitrogen and oxygen atoms in total. The Kier molecular flexibility index (Phi) is 4.86. The molecule has 1 unspecified atom stereocenters. The standard InChI is InChI=1S/C13H19NO2/c1-3-4-5-8-14-10(2)12-9-11(15)6-7-13(12)16/h3-4,6-7,9-10,14-16H,5,8H2,1-2H3/b4-3+. The largest absolute Gasteiger partial charge is 0.508 e. The molecular formula is C13H19NO2. The third kappa shape index (κ3) is 3.59. The minimum atomic E-state index is 0.0253. The first-order valence-electron chi connectivity index (χ1n) is 5.51. The van der Waals surface area contributed by atoms with Crippen LogP contribution in [0.15, 0.2) is 30.4 Å². The Morgan fingerprint density at radius 3 is 2.81 bits per heavy atom. The zero-order valence-electron chi connectivity index (χ0n) is 9.77. The van der Waals surface area contributed by atoms with Crippen molar-refractivity contribution in [2.24, 2.45) is 0 Å². The lowest BCUT2D eigenvalue weighted by molar-refractivity contribution is 0.441. The van der Waals surface area contributed by atoms with Crippen LogP contribution in [0.5, 0.6) is 11.5 Å². The van der Waals surface area contributed by atoms with E-state index >= 15 is 0 Å². The van der Waals surface area contributed by atoms with Gasteiger partial charge in [-0.2, -0.15) is 0 Å². The zero-order chi connectivity index (χ0) is 12.0. The summed E-state index contributed by atoms with van der Waals surface area (Å²) in [6.45, 7) is 4.80. The molecule has 0 aliphatic rings. The van der Waals surface area contributed by atoms with Gasteiger partial charge in [0.2, 0.25) is 0 Å². The molecule has 0 amide bonds. The maximum absolute atomic E-state index is 9.64. The van der Waals surface area contributed by atoms with Crippen LogP contribution < -0.4 is 5.32 Å². The number of hydrogen-bond acceptors (Lipinski definition) is 3. The van der Waals surface area contributed by atoms with E-state index in [-0.39, 0.29) is 17.5 Å². The lowest BCUT2D eigenvalue weighted by Gasteiger charge is -2.15. The monoisotopic (exact) mass is 221 g/mol. The van der Waals surface area contributed by atoms with Gasteiger partial charge < -0.3 is 15.5 Å². The van der Waals surface area contributed by atoms with Crippen LogP contribution in [0.3, 0.4) is 0 Å². The molecule has 0 aliphatic heterocycles. The highest BCUT2D eigenvalue weighted by Crippen LogP contribution is 2.27. The van der Waals surface area contributed by atoms with Gasteiger partial charge >= 0.3 is 0 Å². The molecule has 0 saturated heterocycles. The van der Waals surface area contributed by atoms with Crippen LogP contribution in [-0.2, 0) is 0 Å². The van der Waals surface area contributed by atoms with Gasteiger partial charge in [-0.25, -0.2) is 0 Å². The van der Waals surface area contributed by atoms with Gasteiger partial charge in [0.15, 0.2) is 0 Å². The first-order valence-corrected chi connectivity index (χ1v) is 5.51. The van der Waals surface area contributed by atoms with Gasteiger partial charge in [0.05, 0.1) is 0 Å². The summed E-state index contributed by atoms with van der Waals surface area (Å²) >= 11 is 0. The Morgan fingerprint density at radius 1 is 1.38 bits per heavy atom. The molecule has 88 valence electrons. The molecule has 1 atom stereocenters. The van der Waals surface area contributed by atoms with E-state index < -0.39 is 0 Å². The van der Waals surface area contributed by atoms with Crippen molar-refractivity contribution < 1.29 is 10.2 Å². The van der Waals surface area contributed by atoms with Gasteiger partial charge in [-0.05, 0) is 45.0 Å². The van der Waals surface area contributed by atoms with Crippen molar-refractivity contribution in [1.82, 2.24) is 5.32 Å². The molecule has 0 radical (unpaired) electrons. The van der Waals surface area contributed by atoms with Gasteiger partial charge in [-0.3, -0.25) is 0 Å². The second-order valence-corrected chi connectivity index (χ2v) is 3.78. The quantitative estimate of drug-likeness (QED) is 0.407.